The first-order valence-corrected chi connectivity index (χ1v) is 7.61. The van der Waals surface area contributed by atoms with Crippen molar-refractivity contribution in [3.63, 3.8) is 0 Å². The van der Waals surface area contributed by atoms with Crippen LogP contribution < -0.4 is 14.2 Å². The molecule has 7 heteroatoms. The van der Waals surface area contributed by atoms with E-state index >= 15 is 0 Å². The Morgan fingerprint density at radius 1 is 1.05 bits per heavy atom. The van der Waals surface area contributed by atoms with Crippen LogP contribution in [0.5, 0.6) is 11.5 Å². The van der Waals surface area contributed by atoms with Crippen molar-refractivity contribution >= 4 is 15.7 Å². The van der Waals surface area contributed by atoms with E-state index in [-0.39, 0.29) is 4.90 Å². The van der Waals surface area contributed by atoms with Gasteiger partial charge in [0.1, 0.15) is 0 Å². The standard InChI is InChI=1S/C14H16N2O4S/c1-10-8-12(19-2)13(20-3)9-14(10)21(17,18)16-11-4-6-15-7-5-11/h4-9H,1-3H3,(H,15,16). The van der Waals surface area contributed by atoms with Gasteiger partial charge in [-0.1, -0.05) is 0 Å². The fraction of sp³-hybridized carbons (Fsp3) is 0.214. The van der Waals surface area contributed by atoms with E-state index in [9.17, 15) is 8.42 Å². The molecule has 21 heavy (non-hydrogen) atoms. The van der Waals surface area contributed by atoms with Crippen molar-refractivity contribution in [3.8, 4) is 11.5 Å². The van der Waals surface area contributed by atoms with Gasteiger partial charge in [0.2, 0.25) is 0 Å². The van der Waals surface area contributed by atoms with Crippen LogP contribution in [0.15, 0.2) is 41.6 Å². The zero-order chi connectivity index (χ0) is 15.5. The first kappa shape index (κ1) is 15.1. The molecular formula is C14H16N2O4S. The summed E-state index contributed by atoms with van der Waals surface area (Å²) in [6.07, 6.45) is 3.03. The monoisotopic (exact) mass is 308 g/mol. The minimum Gasteiger partial charge on any atom is -0.493 e. The Balaban J connectivity index is 2.45. The number of pyridine rings is 1. The van der Waals surface area contributed by atoms with Gasteiger partial charge in [-0.15, -0.1) is 0 Å². The number of ether oxygens (including phenoxy) is 2. The Labute approximate surface area is 123 Å². The fourth-order valence-electron chi connectivity index (χ4n) is 1.88. The molecule has 0 aliphatic heterocycles. The van der Waals surface area contributed by atoms with Crippen LogP contribution >= 0.6 is 0 Å². The molecule has 0 saturated carbocycles. The number of aromatic nitrogens is 1. The topological polar surface area (TPSA) is 77.5 Å². The zero-order valence-electron chi connectivity index (χ0n) is 12.0. The van der Waals surface area contributed by atoms with Gasteiger partial charge in [0.25, 0.3) is 10.0 Å². The van der Waals surface area contributed by atoms with E-state index in [1.165, 1.54) is 32.7 Å². The molecule has 0 aliphatic carbocycles. The number of sulfonamides is 1. The summed E-state index contributed by atoms with van der Waals surface area (Å²) in [5.74, 6) is 0.844. The molecule has 1 N–H and O–H groups in total. The molecule has 112 valence electrons. The van der Waals surface area contributed by atoms with Crippen LogP contribution in [0.3, 0.4) is 0 Å². The molecule has 0 saturated heterocycles. The summed E-state index contributed by atoms with van der Waals surface area (Å²) in [5.41, 5.74) is 1.01. The summed E-state index contributed by atoms with van der Waals surface area (Å²) >= 11 is 0. The second kappa shape index (κ2) is 6.01. The third-order valence-electron chi connectivity index (χ3n) is 2.90. The Hall–Kier alpha value is -2.28. The van der Waals surface area contributed by atoms with Crippen molar-refractivity contribution in [2.75, 3.05) is 18.9 Å². The molecule has 2 aromatic rings. The van der Waals surface area contributed by atoms with E-state index in [2.05, 4.69) is 9.71 Å². The predicted octanol–water partition coefficient (Wildman–Crippen LogP) is 2.21. The maximum atomic E-state index is 12.5. The van der Waals surface area contributed by atoms with Gasteiger partial charge in [-0.05, 0) is 30.7 Å². The number of aryl methyl sites for hydroxylation is 1. The van der Waals surface area contributed by atoms with Crippen molar-refractivity contribution in [2.45, 2.75) is 11.8 Å². The van der Waals surface area contributed by atoms with Gasteiger partial charge in [0.15, 0.2) is 11.5 Å². The van der Waals surface area contributed by atoms with Crippen molar-refractivity contribution in [3.05, 3.63) is 42.2 Å². The minimum atomic E-state index is -3.71. The van der Waals surface area contributed by atoms with E-state index in [0.29, 0.717) is 22.7 Å². The summed E-state index contributed by atoms with van der Waals surface area (Å²) in [6, 6.07) is 6.22. The van der Waals surface area contributed by atoms with E-state index in [0.717, 1.165) is 0 Å². The molecule has 0 amide bonds. The summed E-state index contributed by atoms with van der Waals surface area (Å²) in [6.45, 7) is 1.70. The normalized spacial score (nSPS) is 11.0. The first-order valence-electron chi connectivity index (χ1n) is 6.13. The summed E-state index contributed by atoms with van der Waals surface area (Å²) in [7, 11) is -0.756. The van der Waals surface area contributed by atoms with Crippen LogP contribution in [0.1, 0.15) is 5.56 Å². The van der Waals surface area contributed by atoms with Crippen LogP contribution in [0.4, 0.5) is 5.69 Å². The van der Waals surface area contributed by atoms with Crippen LogP contribution in [0.2, 0.25) is 0 Å². The number of rotatable bonds is 5. The minimum absolute atomic E-state index is 0.136. The predicted molar refractivity (Wildman–Crippen MR) is 79.3 cm³/mol. The molecule has 2 rings (SSSR count). The molecule has 1 heterocycles. The van der Waals surface area contributed by atoms with Gasteiger partial charge in [-0.3, -0.25) is 9.71 Å². The molecule has 1 aromatic carbocycles. The number of nitrogens with one attached hydrogen (secondary N) is 1. The third-order valence-corrected chi connectivity index (χ3v) is 4.43. The second-order valence-electron chi connectivity index (χ2n) is 4.31. The number of methoxy groups -OCH3 is 2. The average Bonchev–Trinajstić information content (AvgIpc) is 2.47. The molecular weight excluding hydrogens is 292 g/mol. The third kappa shape index (κ3) is 3.25. The van der Waals surface area contributed by atoms with E-state index < -0.39 is 10.0 Å². The molecule has 0 bridgehead atoms. The summed E-state index contributed by atoms with van der Waals surface area (Å²) in [4.78, 5) is 3.98. The number of benzene rings is 1. The van der Waals surface area contributed by atoms with Gasteiger partial charge in [0, 0.05) is 18.5 Å². The van der Waals surface area contributed by atoms with E-state index in [4.69, 9.17) is 9.47 Å². The molecule has 1 aromatic heterocycles. The average molecular weight is 308 g/mol. The SMILES string of the molecule is COc1cc(C)c(S(=O)(=O)Nc2ccncc2)cc1OC. The van der Waals surface area contributed by atoms with Crippen LogP contribution in [-0.2, 0) is 10.0 Å². The highest BCUT2D eigenvalue weighted by Crippen LogP contribution is 2.32. The molecule has 6 nitrogen and oxygen atoms in total. The molecule has 0 aliphatic rings. The zero-order valence-corrected chi connectivity index (χ0v) is 12.8. The van der Waals surface area contributed by atoms with Crippen molar-refractivity contribution < 1.29 is 17.9 Å². The molecule has 0 atom stereocenters. The van der Waals surface area contributed by atoms with Crippen molar-refractivity contribution in [2.24, 2.45) is 0 Å². The fourth-order valence-corrected chi connectivity index (χ4v) is 3.18. The van der Waals surface area contributed by atoms with E-state index in [1.807, 2.05) is 0 Å². The lowest BCUT2D eigenvalue weighted by Crippen LogP contribution is -2.14. The maximum Gasteiger partial charge on any atom is 0.262 e. The quantitative estimate of drug-likeness (QED) is 0.916. The van der Waals surface area contributed by atoms with Gasteiger partial charge in [-0.25, -0.2) is 8.42 Å². The summed E-state index contributed by atoms with van der Waals surface area (Å²) in [5, 5.41) is 0. The van der Waals surface area contributed by atoms with Gasteiger partial charge < -0.3 is 9.47 Å². The highest BCUT2D eigenvalue weighted by molar-refractivity contribution is 7.92. The van der Waals surface area contributed by atoms with Gasteiger partial charge in [0.05, 0.1) is 24.8 Å². The van der Waals surface area contributed by atoms with Crippen molar-refractivity contribution in [1.29, 1.82) is 0 Å². The highest BCUT2D eigenvalue weighted by Gasteiger charge is 2.20. The lowest BCUT2D eigenvalue weighted by atomic mass is 10.2. The van der Waals surface area contributed by atoms with E-state index in [1.54, 1.807) is 25.1 Å². The molecule has 0 fully saturated rings. The number of nitrogens with zero attached hydrogens (tertiary/aromatic N) is 1. The Morgan fingerprint density at radius 3 is 2.19 bits per heavy atom. The van der Waals surface area contributed by atoms with Crippen molar-refractivity contribution in [1.82, 2.24) is 4.98 Å². The van der Waals surface area contributed by atoms with Crippen LogP contribution in [0.25, 0.3) is 0 Å². The van der Waals surface area contributed by atoms with Gasteiger partial charge >= 0.3 is 0 Å². The highest BCUT2D eigenvalue weighted by atomic mass is 32.2. The number of hydrogen-bond donors (Lipinski definition) is 1. The Morgan fingerprint density at radius 2 is 1.62 bits per heavy atom. The smallest absolute Gasteiger partial charge is 0.262 e. The molecule has 0 unspecified atom stereocenters. The lowest BCUT2D eigenvalue weighted by molar-refractivity contribution is 0.353. The number of hydrogen-bond acceptors (Lipinski definition) is 5. The summed E-state index contributed by atoms with van der Waals surface area (Å²) < 4.78 is 37.7. The Bertz CT molecular complexity index is 730. The maximum absolute atomic E-state index is 12.5. The van der Waals surface area contributed by atoms with Crippen LogP contribution in [-0.4, -0.2) is 27.6 Å². The van der Waals surface area contributed by atoms with Crippen LogP contribution in [0, 0.1) is 6.92 Å². The largest absolute Gasteiger partial charge is 0.493 e. The number of anilines is 1. The lowest BCUT2D eigenvalue weighted by Gasteiger charge is -2.14. The molecule has 0 spiro atoms. The first-order chi connectivity index (χ1) is 9.97. The van der Waals surface area contributed by atoms with Gasteiger partial charge in [-0.2, -0.15) is 0 Å². The molecule has 0 radical (unpaired) electrons. The second-order valence-corrected chi connectivity index (χ2v) is 5.96. The Kier molecular flexibility index (Phi) is 4.32.